The van der Waals surface area contributed by atoms with Crippen LogP contribution in [-0.2, 0) is 4.79 Å². The first-order valence-corrected chi connectivity index (χ1v) is 6.17. The fourth-order valence-corrected chi connectivity index (χ4v) is 2.50. The standard InChI is InChI=1S/C7H15NO2Se/c1-2-4-11-5-3-6(8)7(9)10/h6H,2-5,8H2,1H3,(H,9,10). The quantitative estimate of drug-likeness (QED) is 0.516. The summed E-state index contributed by atoms with van der Waals surface area (Å²) < 4.78 is 0. The van der Waals surface area contributed by atoms with E-state index < -0.39 is 12.0 Å². The molecular weight excluding hydrogens is 209 g/mol. The van der Waals surface area contributed by atoms with Gasteiger partial charge in [0.1, 0.15) is 0 Å². The number of rotatable bonds is 6. The van der Waals surface area contributed by atoms with Crippen LogP contribution in [-0.4, -0.2) is 32.1 Å². The number of carboxylic acids is 1. The van der Waals surface area contributed by atoms with Crippen molar-refractivity contribution in [3.05, 3.63) is 0 Å². The fraction of sp³-hybridized carbons (Fsp3) is 0.857. The Bertz CT molecular complexity index is 119. The van der Waals surface area contributed by atoms with E-state index >= 15 is 0 Å². The predicted octanol–water partition coefficient (Wildman–Crippen LogP) is 0.739. The van der Waals surface area contributed by atoms with Gasteiger partial charge in [0.05, 0.1) is 0 Å². The molecule has 0 aromatic carbocycles. The van der Waals surface area contributed by atoms with Gasteiger partial charge in [-0.3, -0.25) is 0 Å². The summed E-state index contributed by atoms with van der Waals surface area (Å²) in [5.41, 5.74) is 5.31. The summed E-state index contributed by atoms with van der Waals surface area (Å²) in [7, 11) is 0. The molecule has 0 saturated carbocycles. The second-order valence-electron chi connectivity index (χ2n) is 2.35. The molecule has 0 fully saturated rings. The van der Waals surface area contributed by atoms with Gasteiger partial charge in [0.25, 0.3) is 0 Å². The van der Waals surface area contributed by atoms with Crippen molar-refractivity contribution < 1.29 is 9.90 Å². The van der Waals surface area contributed by atoms with Gasteiger partial charge in [-0.05, 0) is 0 Å². The van der Waals surface area contributed by atoms with Crippen LogP contribution in [0.25, 0.3) is 0 Å². The van der Waals surface area contributed by atoms with Gasteiger partial charge >= 0.3 is 73.0 Å². The average molecular weight is 224 g/mol. The minimum absolute atomic E-state index is 0.599. The topological polar surface area (TPSA) is 63.3 Å². The van der Waals surface area contributed by atoms with Crippen LogP contribution in [0.3, 0.4) is 0 Å². The summed E-state index contributed by atoms with van der Waals surface area (Å²) >= 11 is 0.599. The van der Waals surface area contributed by atoms with Crippen molar-refractivity contribution in [3.8, 4) is 0 Å². The van der Waals surface area contributed by atoms with Crippen LogP contribution in [0.5, 0.6) is 0 Å². The van der Waals surface area contributed by atoms with Gasteiger partial charge < -0.3 is 0 Å². The fourth-order valence-electron chi connectivity index (χ4n) is 0.580. The Balaban J connectivity index is 3.17. The van der Waals surface area contributed by atoms with Gasteiger partial charge in [0, 0.05) is 0 Å². The van der Waals surface area contributed by atoms with E-state index in [9.17, 15) is 4.79 Å². The summed E-state index contributed by atoms with van der Waals surface area (Å²) in [5.74, 6) is -0.878. The summed E-state index contributed by atoms with van der Waals surface area (Å²) in [5, 5.41) is 10.7. The van der Waals surface area contributed by atoms with E-state index in [1.807, 2.05) is 0 Å². The Morgan fingerprint density at radius 3 is 2.73 bits per heavy atom. The summed E-state index contributed by atoms with van der Waals surface area (Å²) in [4.78, 5) is 10.2. The molecule has 0 amide bonds. The van der Waals surface area contributed by atoms with Crippen LogP contribution < -0.4 is 5.73 Å². The van der Waals surface area contributed by atoms with Gasteiger partial charge in [-0.15, -0.1) is 0 Å². The Labute approximate surface area is 73.5 Å². The third kappa shape index (κ3) is 6.35. The SMILES string of the molecule is CCC[Se]CCC(N)C(=O)O. The third-order valence-corrected chi connectivity index (χ3v) is 3.80. The molecule has 0 aliphatic rings. The number of hydrogen-bond donors (Lipinski definition) is 2. The van der Waals surface area contributed by atoms with E-state index in [-0.39, 0.29) is 0 Å². The Hall–Kier alpha value is -0.0505. The minimum atomic E-state index is -0.878. The number of hydrogen-bond acceptors (Lipinski definition) is 2. The van der Waals surface area contributed by atoms with E-state index in [2.05, 4.69) is 6.92 Å². The summed E-state index contributed by atoms with van der Waals surface area (Å²) in [6.45, 7) is 2.14. The first-order valence-electron chi connectivity index (χ1n) is 3.74. The Morgan fingerprint density at radius 2 is 2.27 bits per heavy atom. The van der Waals surface area contributed by atoms with Crippen molar-refractivity contribution in [1.29, 1.82) is 0 Å². The summed E-state index contributed by atoms with van der Waals surface area (Å²) in [6, 6.07) is -0.645. The maximum absolute atomic E-state index is 10.2. The first-order chi connectivity index (χ1) is 5.18. The number of carboxylic acid groups (broad SMARTS) is 1. The molecule has 0 spiro atoms. The first kappa shape index (κ1) is 10.9. The van der Waals surface area contributed by atoms with Gasteiger partial charge in [-0.2, -0.15) is 0 Å². The van der Waals surface area contributed by atoms with Crippen LogP contribution in [0.2, 0.25) is 10.6 Å². The molecule has 66 valence electrons. The molecule has 3 nitrogen and oxygen atoms in total. The monoisotopic (exact) mass is 225 g/mol. The molecule has 0 radical (unpaired) electrons. The number of carbonyl (C=O) groups is 1. The van der Waals surface area contributed by atoms with Crippen molar-refractivity contribution in [2.75, 3.05) is 0 Å². The van der Waals surface area contributed by atoms with Crippen LogP contribution in [0, 0.1) is 0 Å². The Morgan fingerprint density at radius 1 is 1.64 bits per heavy atom. The van der Waals surface area contributed by atoms with Gasteiger partial charge in [0.15, 0.2) is 0 Å². The molecule has 1 unspecified atom stereocenters. The zero-order chi connectivity index (χ0) is 8.69. The van der Waals surface area contributed by atoms with Crippen LogP contribution in [0.4, 0.5) is 0 Å². The van der Waals surface area contributed by atoms with Crippen molar-refractivity contribution >= 4 is 20.9 Å². The predicted molar refractivity (Wildman–Crippen MR) is 45.9 cm³/mol. The molecule has 4 heteroatoms. The van der Waals surface area contributed by atoms with E-state index in [4.69, 9.17) is 10.8 Å². The maximum atomic E-state index is 10.2. The van der Waals surface area contributed by atoms with E-state index in [1.54, 1.807) is 0 Å². The third-order valence-electron chi connectivity index (χ3n) is 1.24. The molecule has 11 heavy (non-hydrogen) atoms. The van der Waals surface area contributed by atoms with Crippen molar-refractivity contribution in [2.24, 2.45) is 5.73 Å². The van der Waals surface area contributed by atoms with E-state index in [0.717, 1.165) is 5.32 Å². The molecule has 0 aliphatic carbocycles. The normalized spacial score (nSPS) is 12.9. The zero-order valence-electron chi connectivity index (χ0n) is 6.75. The second-order valence-corrected chi connectivity index (χ2v) is 4.92. The van der Waals surface area contributed by atoms with Crippen LogP contribution in [0.1, 0.15) is 19.8 Å². The van der Waals surface area contributed by atoms with Crippen molar-refractivity contribution in [1.82, 2.24) is 0 Å². The molecule has 0 aliphatic heterocycles. The molecule has 0 saturated heterocycles. The van der Waals surface area contributed by atoms with Gasteiger partial charge in [0.2, 0.25) is 0 Å². The average Bonchev–Trinajstić information content (AvgIpc) is 1.97. The molecule has 1 atom stereocenters. The van der Waals surface area contributed by atoms with Gasteiger partial charge in [-0.1, -0.05) is 0 Å². The number of aliphatic carboxylic acids is 1. The molecule has 0 rings (SSSR count). The van der Waals surface area contributed by atoms with Crippen LogP contribution in [0.15, 0.2) is 0 Å². The molecule has 0 aromatic rings. The molecule has 3 N–H and O–H groups in total. The van der Waals surface area contributed by atoms with E-state index in [0.29, 0.717) is 21.4 Å². The van der Waals surface area contributed by atoms with E-state index in [1.165, 1.54) is 11.7 Å². The van der Waals surface area contributed by atoms with Crippen LogP contribution >= 0.6 is 0 Å². The second kappa shape index (κ2) is 6.65. The van der Waals surface area contributed by atoms with Crippen molar-refractivity contribution in [3.63, 3.8) is 0 Å². The summed E-state index contributed by atoms with van der Waals surface area (Å²) in [6.07, 6.45) is 1.83. The number of nitrogens with two attached hydrogens (primary N) is 1. The molecule has 0 bridgehead atoms. The molecule has 0 heterocycles. The zero-order valence-corrected chi connectivity index (χ0v) is 8.46. The van der Waals surface area contributed by atoms with Crippen molar-refractivity contribution in [2.45, 2.75) is 36.4 Å². The molecular formula is C7H15NO2Se. The Kier molecular flexibility index (Phi) is 6.62. The van der Waals surface area contributed by atoms with Gasteiger partial charge in [-0.25, -0.2) is 0 Å². The molecule has 0 aromatic heterocycles.